The molecule has 1 atom stereocenters. The van der Waals surface area contributed by atoms with Gasteiger partial charge in [-0.25, -0.2) is 0 Å². The number of methoxy groups -OCH3 is 1. The van der Waals surface area contributed by atoms with Crippen molar-refractivity contribution in [2.75, 3.05) is 20.3 Å². The average molecular weight is 403 g/mol. The fourth-order valence-electron chi connectivity index (χ4n) is 2.33. The molecule has 0 spiro atoms. The predicted octanol–water partition coefficient (Wildman–Crippen LogP) is 4.42. The van der Waals surface area contributed by atoms with Crippen molar-refractivity contribution in [1.29, 1.82) is 0 Å². The fraction of sp³-hybridized carbons (Fsp3) is 0.350. The van der Waals surface area contributed by atoms with E-state index in [1.807, 2.05) is 25.1 Å². The van der Waals surface area contributed by atoms with Crippen LogP contribution in [0.5, 0.6) is 17.2 Å². The first-order valence-corrected chi connectivity index (χ1v) is 10.0. The van der Waals surface area contributed by atoms with Crippen LogP contribution < -0.4 is 19.5 Å². The number of benzene rings is 2. The van der Waals surface area contributed by atoms with E-state index >= 15 is 0 Å². The normalized spacial score (nSPS) is 10.5. The Labute approximate surface area is 179 Å². The zero-order valence-electron chi connectivity index (χ0n) is 15.3. The molecule has 2 aromatic carbocycles. The van der Waals surface area contributed by atoms with E-state index in [2.05, 4.69) is 6.92 Å². The second kappa shape index (κ2) is 12.3. The maximum atomic E-state index is 12.9. The molecule has 27 heavy (non-hydrogen) atoms. The third kappa shape index (κ3) is 6.74. The van der Waals surface area contributed by atoms with Crippen molar-refractivity contribution in [1.82, 2.24) is 0 Å². The van der Waals surface area contributed by atoms with Gasteiger partial charge in [0, 0.05) is 11.4 Å². The van der Waals surface area contributed by atoms with Gasteiger partial charge in [-0.1, -0.05) is 31.5 Å². The molecule has 142 valence electrons. The van der Waals surface area contributed by atoms with Crippen LogP contribution in [0.4, 0.5) is 0 Å². The molecular weight excluding hydrogens is 378 g/mol. The van der Waals surface area contributed by atoms with Crippen molar-refractivity contribution in [3.63, 3.8) is 0 Å². The molecule has 0 saturated heterocycles. The summed E-state index contributed by atoms with van der Waals surface area (Å²) in [7, 11) is 1.41. The zero-order valence-corrected chi connectivity index (χ0v) is 17.1. The van der Waals surface area contributed by atoms with Crippen LogP contribution in [0.25, 0.3) is 0 Å². The summed E-state index contributed by atoms with van der Waals surface area (Å²) < 4.78 is 16.8. The van der Waals surface area contributed by atoms with Crippen LogP contribution in [0, 0.1) is 0 Å². The minimum atomic E-state index is -0.124. The van der Waals surface area contributed by atoms with Crippen LogP contribution in [0.1, 0.15) is 37.0 Å². The molecule has 2 aromatic rings. The van der Waals surface area contributed by atoms with E-state index in [1.54, 1.807) is 18.2 Å². The standard InChI is InChI=1S/C20H24ClO4P.Li.H/c1-4-11-24-14-9-10-18(17(13-14)25-12-5-2)26-20(22)19-15(21)7-6-8-16(19)23-3;;/h6-10,13,26H,4-5,11-12H2,1-3H3;;. The monoisotopic (exact) mass is 402 g/mol. The van der Waals surface area contributed by atoms with Crippen molar-refractivity contribution in [2.45, 2.75) is 26.7 Å². The Morgan fingerprint density at radius 1 is 1.04 bits per heavy atom. The molecule has 0 N–H and O–H groups in total. The van der Waals surface area contributed by atoms with Gasteiger partial charge in [0.2, 0.25) is 0 Å². The second-order valence-corrected chi connectivity index (χ2v) is 7.28. The SMILES string of the molecule is CCCOc1ccc(PC(=O)c2c(Cl)cccc2OC)c(OCCC)c1.[LiH]. The van der Waals surface area contributed by atoms with Crippen LogP contribution in [0.15, 0.2) is 36.4 Å². The van der Waals surface area contributed by atoms with Crippen LogP contribution in [-0.2, 0) is 0 Å². The molecule has 0 heterocycles. The molecule has 7 heteroatoms. The molecule has 4 nitrogen and oxygen atoms in total. The summed E-state index contributed by atoms with van der Waals surface area (Å²) in [5, 5.41) is 1.22. The van der Waals surface area contributed by atoms with Gasteiger partial charge in [0.15, 0.2) is 5.52 Å². The van der Waals surface area contributed by atoms with Crippen molar-refractivity contribution >= 4 is 49.9 Å². The summed E-state index contributed by atoms with van der Waals surface area (Å²) in [6.45, 7) is 5.32. The molecule has 0 bridgehead atoms. The molecule has 0 aromatic heterocycles. The van der Waals surface area contributed by atoms with E-state index in [0.717, 1.165) is 23.9 Å². The summed E-state index contributed by atoms with van der Waals surface area (Å²) in [6, 6.07) is 10.8. The number of carbonyl (C=O) groups is 1. The van der Waals surface area contributed by atoms with Gasteiger partial charge in [-0.15, -0.1) is 0 Å². The van der Waals surface area contributed by atoms with Gasteiger partial charge in [0.05, 0.1) is 30.9 Å². The van der Waals surface area contributed by atoms with Crippen LogP contribution in [0.3, 0.4) is 0 Å². The summed E-state index contributed by atoms with van der Waals surface area (Å²) in [6.07, 6.45) is 1.81. The maximum absolute atomic E-state index is 12.9. The Morgan fingerprint density at radius 2 is 1.74 bits per heavy atom. The number of ether oxygens (including phenoxy) is 3. The molecule has 1 unspecified atom stereocenters. The number of hydrogen-bond acceptors (Lipinski definition) is 4. The molecule has 0 fully saturated rings. The quantitative estimate of drug-likeness (QED) is 0.436. The predicted molar refractivity (Wildman–Crippen MR) is 115 cm³/mol. The van der Waals surface area contributed by atoms with E-state index in [-0.39, 0.29) is 33.0 Å². The Bertz CT molecular complexity index is 755. The van der Waals surface area contributed by atoms with Gasteiger partial charge in [-0.2, -0.15) is 0 Å². The molecule has 0 aliphatic carbocycles. The first-order valence-electron chi connectivity index (χ1n) is 8.64. The minimum absolute atomic E-state index is 0. The van der Waals surface area contributed by atoms with Gasteiger partial charge in [0.25, 0.3) is 0 Å². The van der Waals surface area contributed by atoms with Gasteiger partial charge in [-0.05, 0) is 45.7 Å². The third-order valence-electron chi connectivity index (χ3n) is 3.56. The van der Waals surface area contributed by atoms with Crippen molar-refractivity contribution < 1.29 is 19.0 Å². The van der Waals surface area contributed by atoms with Gasteiger partial charge < -0.3 is 14.2 Å². The van der Waals surface area contributed by atoms with Crippen molar-refractivity contribution in [3.8, 4) is 17.2 Å². The summed E-state index contributed by atoms with van der Waals surface area (Å²) in [4.78, 5) is 12.9. The van der Waals surface area contributed by atoms with E-state index in [9.17, 15) is 4.79 Å². The summed E-state index contributed by atoms with van der Waals surface area (Å²) >= 11 is 6.23. The van der Waals surface area contributed by atoms with E-state index < -0.39 is 0 Å². The van der Waals surface area contributed by atoms with E-state index in [0.29, 0.717) is 35.3 Å². The van der Waals surface area contributed by atoms with Crippen LogP contribution in [0.2, 0.25) is 5.02 Å². The van der Waals surface area contributed by atoms with E-state index in [4.69, 9.17) is 25.8 Å². The number of carbonyl (C=O) groups excluding carboxylic acids is 1. The Hall–Kier alpha value is -1.17. The van der Waals surface area contributed by atoms with Crippen molar-refractivity contribution in [3.05, 3.63) is 47.0 Å². The Balaban J connectivity index is 0.00000364. The van der Waals surface area contributed by atoms with E-state index in [1.165, 1.54) is 7.11 Å². The molecular formula is C20H25ClLiO4P. The first-order chi connectivity index (χ1) is 12.6. The first kappa shape index (κ1) is 23.9. The average Bonchev–Trinajstić information content (AvgIpc) is 2.65. The second-order valence-electron chi connectivity index (χ2n) is 5.63. The number of halogens is 1. The third-order valence-corrected chi connectivity index (χ3v) is 5.03. The fourth-order valence-corrected chi connectivity index (χ4v) is 3.72. The Kier molecular flexibility index (Phi) is 10.9. The van der Waals surface area contributed by atoms with Gasteiger partial charge >= 0.3 is 18.9 Å². The van der Waals surface area contributed by atoms with Gasteiger partial charge in [-0.3, -0.25) is 4.79 Å². The molecule has 0 saturated carbocycles. The molecule has 0 amide bonds. The molecule has 0 aliphatic rings. The van der Waals surface area contributed by atoms with Crippen LogP contribution >= 0.6 is 20.2 Å². The molecule has 0 radical (unpaired) electrons. The van der Waals surface area contributed by atoms with Crippen LogP contribution in [-0.4, -0.2) is 44.7 Å². The molecule has 0 aliphatic heterocycles. The van der Waals surface area contributed by atoms with Gasteiger partial charge in [0.1, 0.15) is 17.2 Å². The zero-order chi connectivity index (χ0) is 18.9. The van der Waals surface area contributed by atoms with Crippen molar-refractivity contribution in [2.24, 2.45) is 0 Å². The Morgan fingerprint density at radius 3 is 2.41 bits per heavy atom. The number of rotatable bonds is 10. The number of hydrogen-bond donors (Lipinski definition) is 0. The molecule has 2 rings (SSSR count). The summed E-state index contributed by atoms with van der Waals surface area (Å²) in [5.74, 6) is 1.90. The topological polar surface area (TPSA) is 44.8 Å². The summed E-state index contributed by atoms with van der Waals surface area (Å²) in [5.41, 5.74) is 0.318.